The number of carbonyl (C=O) groups is 1. The third-order valence-electron chi connectivity index (χ3n) is 3.54. The molecule has 6 heteroatoms. The van der Waals surface area contributed by atoms with Crippen molar-refractivity contribution < 1.29 is 23.0 Å². The molecule has 2 aromatic carbocycles. The van der Waals surface area contributed by atoms with Crippen molar-refractivity contribution in [2.75, 3.05) is 13.2 Å². The van der Waals surface area contributed by atoms with E-state index in [0.29, 0.717) is 24.7 Å². The lowest BCUT2D eigenvalue weighted by molar-refractivity contribution is 0.0939. The van der Waals surface area contributed by atoms with Gasteiger partial charge in [0.15, 0.2) is 11.5 Å². The summed E-state index contributed by atoms with van der Waals surface area (Å²) < 4.78 is 37.6. The number of carbonyl (C=O) groups excluding carboxylic acids is 1. The van der Waals surface area contributed by atoms with Crippen LogP contribution in [-0.4, -0.2) is 19.1 Å². The summed E-state index contributed by atoms with van der Waals surface area (Å²) >= 11 is 0. The fourth-order valence-electron chi connectivity index (χ4n) is 2.39. The maximum atomic E-state index is 13.3. The molecule has 0 radical (unpaired) electrons. The summed E-state index contributed by atoms with van der Waals surface area (Å²) in [5.41, 5.74) is 0.720. The van der Waals surface area contributed by atoms with Crippen molar-refractivity contribution in [3.63, 3.8) is 0 Å². The second kappa shape index (κ2) is 8.46. The maximum Gasteiger partial charge on any atom is 0.251 e. The molecule has 4 nitrogen and oxygen atoms in total. The average Bonchev–Trinajstić information content (AvgIpc) is 2.55. The number of hydrogen-bond donors (Lipinski definition) is 1. The van der Waals surface area contributed by atoms with Crippen LogP contribution in [0.15, 0.2) is 36.4 Å². The van der Waals surface area contributed by atoms with Gasteiger partial charge in [-0.25, -0.2) is 8.78 Å². The standard InChI is InChI=1S/C19H21F2NO3/c1-4-24-17-7-6-13(10-18(17)25-5-2)12(3)22-19(23)14-8-15(20)11-16(21)9-14/h6-12H,4-5H2,1-3H3,(H,22,23). The summed E-state index contributed by atoms with van der Waals surface area (Å²) in [6.45, 7) is 6.51. The first-order valence-corrected chi connectivity index (χ1v) is 8.11. The number of hydrogen-bond acceptors (Lipinski definition) is 3. The second-order valence-electron chi connectivity index (χ2n) is 5.43. The van der Waals surface area contributed by atoms with Crippen molar-refractivity contribution in [2.24, 2.45) is 0 Å². The van der Waals surface area contributed by atoms with Gasteiger partial charge in [-0.2, -0.15) is 0 Å². The first-order valence-electron chi connectivity index (χ1n) is 8.11. The fraction of sp³-hybridized carbons (Fsp3) is 0.316. The molecule has 0 spiro atoms. The van der Waals surface area contributed by atoms with Crippen molar-refractivity contribution >= 4 is 5.91 Å². The number of ether oxygens (including phenoxy) is 2. The Morgan fingerprint density at radius 3 is 2.20 bits per heavy atom. The van der Waals surface area contributed by atoms with Crippen LogP contribution < -0.4 is 14.8 Å². The van der Waals surface area contributed by atoms with E-state index < -0.39 is 17.5 Å². The fourth-order valence-corrected chi connectivity index (χ4v) is 2.39. The predicted molar refractivity (Wildman–Crippen MR) is 91.0 cm³/mol. The van der Waals surface area contributed by atoms with Gasteiger partial charge in [-0.1, -0.05) is 6.07 Å². The molecule has 1 unspecified atom stereocenters. The maximum absolute atomic E-state index is 13.3. The summed E-state index contributed by atoms with van der Waals surface area (Å²) in [6.07, 6.45) is 0. The minimum absolute atomic E-state index is 0.0691. The lowest BCUT2D eigenvalue weighted by Crippen LogP contribution is -2.26. The number of halogens is 2. The first kappa shape index (κ1) is 18.7. The van der Waals surface area contributed by atoms with Gasteiger partial charge in [0.25, 0.3) is 5.91 Å². The number of amides is 1. The summed E-state index contributed by atoms with van der Waals surface area (Å²) in [5.74, 6) is -0.939. The molecule has 0 fully saturated rings. The number of nitrogens with one attached hydrogen (secondary N) is 1. The largest absolute Gasteiger partial charge is 0.490 e. The van der Waals surface area contributed by atoms with Gasteiger partial charge in [0.05, 0.1) is 19.3 Å². The van der Waals surface area contributed by atoms with Gasteiger partial charge in [0, 0.05) is 11.6 Å². The Morgan fingerprint density at radius 1 is 1.00 bits per heavy atom. The van der Waals surface area contributed by atoms with Gasteiger partial charge in [-0.15, -0.1) is 0 Å². The van der Waals surface area contributed by atoms with E-state index in [1.807, 2.05) is 19.9 Å². The molecule has 2 aromatic rings. The van der Waals surface area contributed by atoms with Crippen LogP contribution in [0.3, 0.4) is 0 Å². The normalized spacial score (nSPS) is 11.7. The van der Waals surface area contributed by atoms with Crippen LogP contribution >= 0.6 is 0 Å². The van der Waals surface area contributed by atoms with Crippen LogP contribution in [0, 0.1) is 11.6 Å². The molecule has 0 saturated carbocycles. The van der Waals surface area contributed by atoms with Crippen molar-refractivity contribution in [1.82, 2.24) is 5.32 Å². The molecular weight excluding hydrogens is 328 g/mol. The quantitative estimate of drug-likeness (QED) is 0.813. The molecule has 0 aliphatic heterocycles. The lowest BCUT2D eigenvalue weighted by Gasteiger charge is -2.17. The van der Waals surface area contributed by atoms with Crippen LogP contribution in [0.1, 0.15) is 42.7 Å². The van der Waals surface area contributed by atoms with E-state index in [0.717, 1.165) is 23.8 Å². The van der Waals surface area contributed by atoms with Crippen molar-refractivity contribution in [2.45, 2.75) is 26.8 Å². The van der Waals surface area contributed by atoms with E-state index in [1.54, 1.807) is 19.1 Å². The van der Waals surface area contributed by atoms with E-state index >= 15 is 0 Å². The molecule has 25 heavy (non-hydrogen) atoms. The van der Waals surface area contributed by atoms with E-state index in [2.05, 4.69) is 5.32 Å². The molecule has 0 aromatic heterocycles. The van der Waals surface area contributed by atoms with Gasteiger partial charge < -0.3 is 14.8 Å². The van der Waals surface area contributed by atoms with E-state index in [1.165, 1.54) is 0 Å². The SMILES string of the molecule is CCOc1ccc(C(C)NC(=O)c2cc(F)cc(F)c2)cc1OCC. The van der Waals surface area contributed by atoms with Crippen LogP contribution in [0.5, 0.6) is 11.5 Å². The van der Waals surface area contributed by atoms with Gasteiger partial charge in [-0.3, -0.25) is 4.79 Å². The predicted octanol–water partition coefficient (Wildman–Crippen LogP) is 4.25. The van der Waals surface area contributed by atoms with Gasteiger partial charge in [-0.05, 0) is 50.6 Å². The zero-order chi connectivity index (χ0) is 18.4. The Hall–Kier alpha value is -2.63. The highest BCUT2D eigenvalue weighted by Crippen LogP contribution is 2.30. The summed E-state index contributed by atoms with van der Waals surface area (Å²) in [7, 11) is 0. The lowest BCUT2D eigenvalue weighted by atomic mass is 10.1. The van der Waals surface area contributed by atoms with Crippen LogP contribution in [-0.2, 0) is 0 Å². The third-order valence-corrected chi connectivity index (χ3v) is 3.54. The molecular formula is C19H21F2NO3. The highest BCUT2D eigenvalue weighted by atomic mass is 19.1. The Balaban J connectivity index is 2.17. The van der Waals surface area contributed by atoms with Crippen molar-refractivity contribution in [3.8, 4) is 11.5 Å². The Bertz CT molecular complexity index is 729. The third kappa shape index (κ3) is 4.92. The molecule has 0 saturated heterocycles. The average molecular weight is 349 g/mol. The zero-order valence-electron chi connectivity index (χ0n) is 14.4. The van der Waals surface area contributed by atoms with Gasteiger partial charge >= 0.3 is 0 Å². The molecule has 134 valence electrons. The highest BCUT2D eigenvalue weighted by molar-refractivity contribution is 5.94. The monoisotopic (exact) mass is 349 g/mol. The molecule has 2 rings (SSSR count). The Morgan fingerprint density at radius 2 is 1.60 bits per heavy atom. The van der Waals surface area contributed by atoms with Crippen LogP contribution in [0.25, 0.3) is 0 Å². The van der Waals surface area contributed by atoms with Crippen molar-refractivity contribution in [1.29, 1.82) is 0 Å². The van der Waals surface area contributed by atoms with Crippen LogP contribution in [0.4, 0.5) is 8.78 Å². The Labute approximate surface area is 145 Å². The second-order valence-corrected chi connectivity index (χ2v) is 5.43. The molecule has 0 aliphatic carbocycles. The molecule has 0 bridgehead atoms. The summed E-state index contributed by atoms with van der Waals surface area (Å²) in [6, 6.07) is 7.70. The number of benzene rings is 2. The van der Waals surface area contributed by atoms with Gasteiger partial charge in [0.1, 0.15) is 11.6 Å². The zero-order valence-corrected chi connectivity index (χ0v) is 14.4. The van der Waals surface area contributed by atoms with E-state index in [-0.39, 0.29) is 11.6 Å². The first-order chi connectivity index (χ1) is 11.9. The smallest absolute Gasteiger partial charge is 0.251 e. The minimum atomic E-state index is -0.794. The van der Waals surface area contributed by atoms with Crippen LogP contribution in [0.2, 0.25) is 0 Å². The summed E-state index contributed by atoms with van der Waals surface area (Å²) in [5, 5.41) is 2.72. The molecule has 1 N–H and O–H groups in total. The van der Waals surface area contributed by atoms with E-state index in [4.69, 9.17) is 9.47 Å². The number of rotatable bonds is 7. The minimum Gasteiger partial charge on any atom is -0.490 e. The van der Waals surface area contributed by atoms with E-state index in [9.17, 15) is 13.6 Å². The summed E-state index contributed by atoms with van der Waals surface area (Å²) in [4.78, 5) is 12.2. The topological polar surface area (TPSA) is 47.6 Å². The van der Waals surface area contributed by atoms with Gasteiger partial charge in [0.2, 0.25) is 0 Å². The van der Waals surface area contributed by atoms with Crippen molar-refractivity contribution in [3.05, 3.63) is 59.2 Å². The molecule has 0 aliphatic rings. The molecule has 1 amide bonds. The molecule has 1 atom stereocenters. The molecule has 0 heterocycles. The highest BCUT2D eigenvalue weighted by Gasteiger charge is 2.15. The Kier molecular flexibility index (Phi) is 6.33.